The first-order valence-electron chi connectivity index (χ1n) is 6.99. The van der Waals surface area contributed by atoms with Crippen molar-refractivity contribution in [2.24, 2.45) is 0 Å². The minimum Gasteiger partial charge on any atom is -0.333 e. The average Bonchev–Trinajstić information content (AvgIpc) is 3.07. The summed E-state index contributed by atoms with van der Waals surface area (Å²) in [5.41, 5.74) is 0.770. The number of pyridine rings is 1. The topological polar surface area (TPSA) is 65.5 Å². The Morgan fingerprint density at radius 2 is 2.23 bits per heavy atom. The van der Waals surface area contributed by atoms with Crippen molar-refractivity contribution in [3.8, 4) is 0 Å². The van der Waals surface area contributed by atoms with Crippen molar-refractivity contribution >= 4 is 29.0 Å². The van der Waals surface area contributed by atoms with Crippen LogP contribution in [-0.4, -0.2) is 41.5 Å². The molecule has 0 unspecified atom stereocenters. The van der Waals surface area contributed by atoms with E-state index in [1.165, 1.54) is 0 Å². The lowest BCUT2D eigenvalue weighted by Crippen LogP contribution is -2.54. The zero-order chi connectivity index (χ0) is 15.4. The van der Waals surface area contributed by atoms with E-state index in [4.69, 9.17) is 0 Å². The standard InChI is InChI=1S/C15H16N4O2S/c20-14-11-18(15(21)17-10-13-4-2-8-22-13)6-7-19(14)12-3-1-5-16-9-12/h1-5,8-9H,6-7,10-11H2,(H,17,21). The number of nitrogens with zero attached hydrogens (tertiary/aromatic N) is 3. The largest absolute Gasteiger partial charge is 0.333 e. The first kappa shape index (κ1) is 14.5. The number of carbonyl (C=O) groups excluding carboxylic acids is 2. The molecule has 0 radical (unpaired) electrons. The summed E-state index contributed by atoms with van der Waals surface area (Å²) >= 11 is 1.59. The van der Waals surface area contributed by atoms with Crippen molar-refractivity contribution in [2.45, 2.75) is 6.54 Å². The van der Waals surface area contributed by atoms with Crippen LogP contribution in [0.2, 0.25) is 0 Å². The van der Waals surface area contributed by atoms with Gasteiger partial charge in [-0.05, 0) is 23.6 Å². The highest BCUT2D eigenvalue weighted by Crippen LogP contribution is 2.15. The average molecular weight is 316 g/mol. The second kappa shape index (κ2) is 6.57. The van der Waals surface area contributed by atoms with Crippen molar-refractivity contribution in [2.75, 3.05) is 24.5 Å². The summed E-state index contributed by atoms with van der Waals surface area (Å²) in [6, 6.07) is 7.35. The minimum atomic E-state index is -0.201. The van der Waals surface area contributed by atoms with E-state index in [9.17, 15) is 9.59 Å². The summed E-state index contributed by atoms with van der Waals surface area (Å²) in [5.74, 6) is -0.0921. The molecule has 3 rings (SSSR count). The van der Waals surface area contributed by atoms with Gasteiger partial charge in [-0.3, -0.25) is 9.78 Å². The molecule has 6 nitrogen and oxygen atoms in total. The predicted molar refractivity (Wildman–Crippen MR) is 84.7 cm³/mol. The van der Waals surface area contributed by atoms with E-state index in [0.717, 1.165) is 10.6 Å². The molecule has 7 heteroatoms. The normalized spacial score (nSPS) is 15.0. The van der Waals surface area contributed by atoms with E-state index in [0.29, 0.717) is 19.6 Å². The maximum absolute atomic E-state index is 12.2. The molecule has 2 aromatic heterocycles. The molecule has 3 heterocycles. The van der Waals surface area contributed by atoms with Crippen LogP contribution < -0.4 is 10.2 Å². The lowest BCUT2D eigenvalue weighted by atomic mass is 10.2. The van der Waals surface area contributed by atoms with Crippen molar-refractivity contribution in [3.63, 3.8) is 0 Å². The summed E-state index contributed by atoms with van der Waals surface area (Å²) in [5, 5.41) is 4.81. The Balaban J connectivity index is 1.55. The van der Waals surface area contributed by atoms with E-state index in [2.05, 4.69) is 10.3 Å². The zero-order valence-electron chi connectivity index (χ0n) is 11.9. The van der Waals surface area contributed by atoms with Gasteiger partial charge in [0.1, 0.15) is 6.54 Å². The Bertz CT molecular complexity index is 645. The smallest absolute Gasteiger partial charge is 0.318 e. The number of thiophene rings is 1. The highest BCUT2D eigenvalue weighted by molar-refractivity contribution is 7.09. The Hall–Kier alpha value is -2.41. The quantitative estimate of drug-likeness (QED) is 0.937. The molecule has 0 saturated carbocycles. The molecule has 1 N–H and O–H groups in total. The number of aromatic nitrogens is 1. The molecular formula is C15H16N4O2S. The molecule has 2 aromatic rings. The van der Waals surface area contributed by atoms with Crippen molar-refractivity contribution in [1.29, 1.82) is 0 Å². The monoisotopic (exact) mass is 316 g/mol. The summed E-state index contributed by atoms with van der Waals surface area (Å²) in [6.45, 7) is 1.58. The van der Waals surface area contributed by atoms with Gasteiger partial charge in [0, 0.05) is 24.2 Å². The molecule has 1 saturated heterocycles. The third kappa shape index (κ3) is 3.25. The minimum absolute atomic E-state index is 0.0885. The molecule has 114 valence electrons. The molecular weight excluding hydrogens is 300 g/mol. The lowest BCUT2D eigenvalue weighted by Gasteiger charge is -2.34. The van der Waals surface area contributed by atoms with Crippen LogP contribution in [0.1, 0.15) is 4.88 Å². The fourth-order valence-corrected chi connectivity index (χ4v) is 2.97. The molecule has 0 aliphatic carbocycles. The van der Waals surface area contributed by atoms with Crippen LogP contribution >= 0.6 is 11.3 Å². The SMILES string of the molecule is O=C(NCc1cccs1)N1CCN(c2cccnc2)C(=O)C1. The van der Waals surface area contributed by atoms with Gasteiger partial charge in [-0.25, -0.2) is 4.79 Å². The molecule has 1 aliphatic rings. The van der Waals surface area contributed by atoms with Gasteiger partial charge in [0.15, 0.2) is 0 Å². The van der Waals surface area contributed by atoms with Gasteiger partial charge in [-0.15, -0.1) is 11.3 Å². The number of rotatable bonds is 3. The number of anilines is 1. The highest BCUT2D eigenvalue weighted by Gasteiger charge is 2.27. The second-order valence-electron chi connectivity index (χ2n) is 4.92. The number of hydrogen-bond acceptors (Lipinski definition) is 4. The van der Waals surface area contributed by atoms with Crippen molar-refractivity contribution < 1.29 is 9.59 Å². The van der Waals surface area contributed by atoms with Crippen LogP contribution in [-0.2, 0) is 11.3 Å². The fourth-order valence-electron chi connectivity index (χ4n) is 2.32. The maximum Gasteiger partial charge on any atom is 0.318 e. The number of piperazine rings is 1. The van der Waals surface area contributed by atoms with E-state index in [-0.39, 0.29) is 18.5 Å². The Labute approximate surface area is 132 Å². The van der Waals surface area contributed by atoms with E-state index >= 15 is 0 Å². The van der Waals surface area contributed by atoms with Crippen LogP contribution in [0.5, 0.6) is 0 Å². The summed E-state index contributed by atoms with van der Waals surface area (Å²) in [6.07, 6.45) is 3.33. The van der Waals surface area contributed by atoms with Crippen LogP contribution in [0.3, 0.4) is 0 Å². The summed E-state index contributed by atoms with van der Waals surface area (Å²) in [4.78, 5) is 32.7. The number of urea groups is 1. The molecule has 3 amide bonds. The van der Waals surface area contributed by atoms with E-state index < -0.39 is 0 Å². The van der Waals surface area contributed by atoms with Crippen LogP contribution in [0.4, 0.5) is 10.5 Å². The van der Waals surface area contributed by atoms with Gasteiger partial charge in [0.05, 0.1) is 18.4 Å². The summed E-state index contributed by atoms with van der Waals surface area (Å²) in [7, 11) is 0. The van der Waals surface area contributed by atoms with E-state index in [1.54, 1.807) is 39.6 Å². The first-order valence-corrected chi connectivity index (χ1v) is 7.87. The molecule has 0 atom stereocenters. The second-order valence-corrected chi connectivity index (χ2v) is 5.95. The van der Waals surface area contributed by atoms with Crippen LogP contribution in [0.25, 0.3) is 0 Å². The van der Waals surface area contributed by atoms with Gasteiger partial charge in [0.25, 0.3) is 0 Å². The third-order valence-corrected chi connectivity index (χ3v) is 4.34. The Morgan fingerprint density at radius 1 is 1.32 bits per heavy atom. The maximum atomic E-state index is 12.2. The molecule has 0 aromatic carbocycles. The summed E-state index contributed by atoms with van der Waals surface area (Å²) < 4.78 is 0. The van der Waals surface area contributed by atoms with Crippen LogP contribution in [0.15, 0.2) is 42.0 Å². The number of nitrogens with one attached hydrogen (secondary N) is 1. The highest BCUT2D eigenvalue weighted by atomic mass is 32.1. The number of hydrogen-bond donors (Lipinski definition) is 1. The predicted octanol–water partition coefficient (Wildman–Crippen LogP) is 1.70. The Kier molecular flexibility index (Phi) is 4.34. The number of amides is 3. The van der Waals surface area contributed by atoms with E-state index in [1.807, 2.05) is 23.6 Å². The van der Waals surface area contributed by atoms with Crippen LogP contribution in [0, 0.1) is 0 Å². The van der Waals surface area contributed by atoms with Gasteiger partial charge >= 0.3 is 6.03 Å². The molecule has 1 aliphatic heterocycles. The Morgan fingerprint density at radius 3 is 2.91 bits per heavy atom. The molecule has 0 bridgehead atoms. The first-order chi connectivity index (χ1) is 10.7. The van der Waals surface area contributed by atoms with Gasteiger partial charge < -0.3 is 15.1 Å². The molecule has 0 spiro atoms. The van der Waals surface area contributed by atoms with Crippen molar-refractivity contribution in [1.82, 2.24) is 15.2 Å². The zero-order valence-corrected chi connectivity index (χ0v) is 12.8. The van der Waals surface area contributed by atoms with Gasteiger partial charge in [-0.1, -0.05) is 6.07 Å². The lowest BCUT2D eigenvalue weighted by molar-refractivity contribution is -0.120. The molecule has 1 fully saturated rings. The third-order valence-electron chi connectivity index (χ3n) is 3.46. The van der Waals surface area contributed by atoms with Gasteiger partial charge in [0.2, 0.25) is 5.91 Å². The fraction of sp³-hybridized carbons (Fsp3) is 0.267. The van der Waals surface area contributed by atoms with Gasteiger partial charge in [-0.2, -0.15) is 0 Å². The number of carbonyl (C=O) groups is 2. The molecule has 22 heavy (non-hydrogen) atoms. The van der Waals surface area contributed by atoms with Crippen molar-refractivity contribution in [3.05, 3.63) is 46.9 Å².